The number of carbonyl (C=O) groups excluding carboxylic acids is 1. The van der Waals surface area contributed by atoms with Gasteiger partial charge in [0.25, 0.3) is 5.91 Å². The standard InChI is InChI=1S/C23H21FN4OS/c24-20-11-4-7-17(15-20)21-27-28(22(29)18-8-5-14-26-16-18)23(30-21,12-6-13-25)19-9-2-1-3-10-19/h1-5,7-11,14-16H,6,12-13,25H2. The highest BCUT2D eigenvalue weighted by Gasteiger charge is 2.48. The number of rotatable bonds is 6. The fourth-order valence-electron chi connectivity index (χ4n) is 3.48. The van der Waals surface area contributed by atoms with E-state index in [4.69, 9.17) is 5.73 Å². The van der Waals surface area contributed by atoms with Crippen LogP contribution in [0.2, 0.25) is 0 Å². The molecule has 1 aromatic heterocycles. The van der Waals surface area contributed by atoms with Gasteiger partial charge in [-0.15, -0.1) is 0 Å². The van der Waals surface area contributed by atoms with Crippen LogP contribution in [0.1, 0.15) is 34.3 Å². The summed E-state index contributed by atoms with van der Waals surface area (Å²) in [6.07, 6.45) is 4.45. The quantitative estimate of drug-likeness (QED) is 0.643. The molecule has 0 bridgehead atoms. The zero-order chi connectivity index (χ0) is 21.0. The van der Waals surface area contributed by atoms with Gasteiger partial charge in [-0.2, -0.15) is 5.10 Å². The molecule has 4 rings (SSSR count). The summed E-state index contributed by atoms with van der Waals surface area (Å²) in [5.41, 5.74) is 7.85. The van der Waals surface area contributed by atoms with Gasteiger partial charge in [-0.25, -0.2) is 9.40 Å². The molecule has 1 aliphatic rings. The summed E-state index contributed by atoms with van der Waals surface area (Å²) in [5.74, 6) is -0.608. The zero-order valence-electron chi connectivity index (χ0n) is 16.2. The molecule has 30 heavy (non-hydrogen) atoms. The van der Waals surface area contributed by atoms with E-state index in [1.165, 1.54) is 35.1 Å². The number of hydrogen-bond donors (Lipinski definition) is 1. The predicted molar refractivity (Wildman–Crippen MR) is 117 cm³/mol. The SMILES string of the molecule is NCCCC1(c2ccccc2)SC(c2cccc(F)c2)=NN1C(=O)c1cccnc1. The largest absolute Gasteiger partial charge is 0.330 e. The van der Waals surface area contributed by atoms with E-state index in [9.17, 15) is 9.18 Å². The maximum atomic E-state index is 13.9. The monoisotopic (exact) mass is 420 g/mol. The second kappa shape index (κ2) is 8.77. The molecule has 1 atom stereocenters. The van der Waals surface area contributed by atoms with Crippen LogP contribution in [-0.2, 0) is 4.87 Å². The summed E-state index contributed by atoms with van der Waals surface area (Å²) in [6.45, 7) is 0.485. The molecule has 0 spiro atoms. The van der Waals surface area contributed by atoms with Crippen LogP contribution in [0, 0.1) is 5.82 Å². The Kier molecular flexibility index (Phi) is 5.92. The van der Waals surface area contributed by atoms with Gasteiger partial charge in [0.1, 0.15) is 15.7 Å². The molecule has 0 radical (unpaired) electrons. The van der Waals surface area contributed by atoms with Crippen molar-refractivity contribution in [2.45, 2.75) is 17.7 Å². The molecule has 3 aromatic rings. The average Bonchev–Trinajstić information content (AvgIpc) is 3.19. The predicted octanol–water partition coefficient (Wildman–Crippen LogP) is 4.36. The lowest BCUT2D eigenvalue weighted by Gasteiger charge is -2.36. The number of pyridine rings is 1. The zero-order valence-corrected chi connectivity index (χ0v) is 17.1. The van der Waals surface area contributed by atoms with E-state index in [0.29, 0.717) is 35.6 Å². The number of aromatic nitrogens is 1. The number of nitrogens with zero attached hydrogens (tertiary/aromatic N) is 3. The van der Waals surface area contributed by atoms with Crippen LogP contribution in [0.4, 0.5) is 4.39 Å². The van der Waals surface area contributed by atoms with Gasteiger partial charge in [0.05, 0.1) is 5.56 Å². The summed E-state index contributed by atoms with van der Waals surface area (Å²) in [5, 5.41) is 6.79. The van der Waals surface area contributed by atoms with Gasteiger partial charge < -0.3 is 5.73 Å². The molecule has 2 aromatic carbocycles. The molecular weight excluding hydrogens is 399 g/mol. The van der Waals surface area contributed by atoms with Crippen molar-refractivity contribution >= 4 is 22.7 Å². The van der Waals surface area contributed by atoms with Crippen LogP contribution in [-0.4, -0.2) is 27.5 Å². The van der Waals surface area contributed by atoms with E-state index in [1.807, 2.05) is 30.3 Å². The molecule has 0 saturated heterocycles. The van der Waals surface area contributed by atoms with Crippen molar-refractivity contribution in [1.29, 1.82) is 0 Å². The van der Waals surface area contributed by atoms with Crippen molar-refractivity contribution in [1.82, 2.24) is 9.99 Å². The summed E-state index contributed by atoms with van der Waals surface area (Å²) in [4.78, 5) is 16.8. The van der Waals surface area contributed by atoms with Crippen molar-refractivity contribution in [3.05, 3.63) is 102 Å². The Hall–Kier alpha value is -3.03. The van der Waals surface area contributed by atoms with Gasteiger partial charge in [0.2, 0.25) is 0 Å². The van der Waals surface area contributed by atoms with Crippen molar-refractivity contribution in [2.75, 3.05) is 6.54 Å². The van der Waals surface area contributed by atoms with Crippen LogP contribution in [0.15, 0.2) is 84.2 Å². The minimum atomic E-state index is -0.783. The van der Waals surface area contributed by atoms with E-state index in [-0.39, 0.29) is 11.7 Å². The lowest BCUT2D eigenvalue weighted by atomic mass is 9.99. The maximum Gasteiger partial charge on any atom is 0.277 e. The third-order valence-electron chi connectivity index (χ3n) is 4.92. The second-order valence-corrected chi connectivity index (χ2v) is 8.19. The number of hydrazone groups is 1. The fourth-order valence-corrected chi connectivity index (χ4v) is 4.87. The number of halogens is 1. The normalized spacial score (nSPS) is 18.3. The molecule has 7 heteroatoms. The summed E-state index contributed by atoms with van der Waals surface area (Å²) < 4.78 is 13.9. The first-order chi connectivity index (χ1) is 14.6. The molecule has 2 N–H and O–H groups in total. The molecule has 152 valence electrons. The third-order valence-corrected chi connectivity index (χ3v) is 6.38. The Morgan fingerprint density at radius 2 is 1.93 bits per heavy atom. The Morgan fingerprint density at radius 3 is 2.63 bits per heavy atom. The molecule has 1 unspecified atom stereocenters. The van der Waals surface area contributed by atoms with Crippen molar-refractivity contribution < 1.29 is 9.18 Å². The minimum absolute atomic E-state index is 0.261. The third kappa shape index (κ3) is 3.86. The molecular formula is C23H21FN4OS. The van der Waals surface area contributed by atoms with Crippen molar-refractivity contribution in [3.8, 4) is 0 Å². The number of amides is 1. The number of nitrogens with two attached hydrogens (primary N) is 1. The minimum Gasteiger partial charge on any atom is -0.330 e. The maximum absolute atomic E-state index is 13.9. The molecule has 2 heterocycles. The summed E-state index contributed by atoms with van der Waals surface area (Å²) in [6, 6.07) is 19.5. The Labute approximate surface area is 178 Å². The topological polar surface area (TPSA) is 71.6 Å². The van der Waals surface area contributed by atoms with Gasteiger partial charge in [-0.1, -0.05) is 54.2 Å². The summed E-state index contributed by atoms with van der Waals surface area (Å²) >= 11 is 1.46. The second-order valence-electron chi connectivity index (χ2n) is 6.92. The van der Waals surface area contributed by atoms with E-state index in [2.05, 4.69) is 10.1 Å². The lowest BCUT2D eigenvalue weighted by molar-refractivity contribution is 0.0637. The number of thioether (sulfide) groups is 1. The number of carbonyl (C=O) groups is 1. The smallest absolute Gasteiger partial charge is 0.277 e. The fraction of sp³-hybridized carbons (Fsp3) is 0.174. The first-order valence-electron chi connectivity index (χ1n) is 9.68. The molecule has 0 aliphatic carbocycles. The number of benzene rings is 2. The first kappa shape index (κ1) is 20.3. The van der Waals surface area contributed by atoms with Crippen LogP contribution in [0.3, 0.4) is 0 Å². The first-order valence-corrected chi connectivity index (χ1v) is 10.5. The van der Waals surface area contributed by atoms with Gasteiger partial charge in [0, 0.05) is 18.0 Å². The van der Waals surface area contributed by atoms with Gasteiger partial charge in [0.15, 0.2) is 0 Å². The molecule has 1 amide bonds. The van der Waals surface area contributed by atoms with Crippen LogP contribution >= 0.6 is 11.8 Å². The Balaban J connectivity index is 1.85. The van der Waals surface area contributed by atoms with Crippen LogP contribution in [0.5, 0.6) is 0 Å². The van der Waals surface area contributed by atoms with E-state index in [0.717, 1.165) is 5.56 Å². The Bertz CT molecular complexity index is 1060. The number of hydrogen-bond acceptors (Lipinski definition) is 5. The van der Waals surface area contributed by atoms with Gasteiger partial charge in [-0.05, 0) is 49.2 Å². The van der Waals surface area contributed by atoms with Crippen molar-refractivity contribution in [2.24, 2.45) is 10.8 Å². The van der Waals surface area contributed by atoms with Crippen LogP contribution in [0.25, 0.3) is 0 Å². The van der Waals surface area contributed by atoms with Crippen LogP contribution < -0.4 is 5.73 Å². The van der Waals surface area contributed by atoms with E-state index < -0.39 is 4.87 Å². The highest BCUT2D eigenvalue weighted by atomic mass is 32.2. The lowest BCUT2D eigenvalue weighted by Crippen LogP contribution is -2.42. The summed E-state index contributed by atoms with van der Waals surface area (Å²) in [7, 11) is 0. The highest BCUT2D eigenvalue weighted by Crippen LogP contribution is 2.50. The molecule has 0 fully saturated rings. The molecule has 0 saturated carbocycles. The molecule has 1 aliphatic heterocycles. The van der Waals surface area contributed by atoms with Crippen molar-refractivity contribution in [3.63, 3.8) is 0 Å². The van der Waals surface area contributed by atoms with Gasteiger partial charge >= 0.3 is 0 Å². The van der Waals surface area contributed by atoms with Gasteiger partial charge in [-0.3, -0.25) is 9.78 Å². The highest BCUT2D eigenvalue weighted by molar-refractivity contribution is 8.15. The average molecular weight is 421 g/mol. The van der Waals surface area contributed by atoms with E-state index in [1.54, 1.807) is 30.5 Å². The Morgan fingerprint density at radius 1 is 1.10 bits per heavy atom. The van der Waals surface area contributed by atoms with E-state index >= 15 is 0 Å². The molecule has 5 nitrogen and oxygen atoms in total.